The van der Waals surface area contributed by atoms with Crippen molar-refractivity contribution in [2.24, 2.45) is 4.99 Å². The highest BCUT2D eigenvalue weighted by Gasteiger charge is 2.21. The molecule has 2 rings (SSSR count). The van der Waals surface area contributed by atoms with Gasteiger partial charge in [-0.25, -0.2) is 0 Å². The number of nitrogens with zero attached hydrogens (tertiary/aromatic N) is 1. The summed E-state index contributed by atoms with van der Waals surface area (Å²) < 4.78 is 0. The lowest BCUT2D eigenvalue weighted by Crippen LogP contribution is -2.07. The van der Waals surface area contributed by atoms with E-state index in [0.717, 1.165) is 13.0 Å². The number of allylic oxidation sites excluding steroid dienone is 2. The Balaban J connectivity index is 2.43. The predicted molar refractivity (Wildman–Crippen MR) is 52.6 cm³/mol. The molecule has 0 fully saturated rings. The maximum absolute atomic E-state index is 4.48. The standard InChI is InChI=1S/C11H15N/c1-7-4-8(2)11-6-12-9(3)5-10(7)11/h4-6H2,1-3H3. The van der Waals surface area contributed by atoms with E-state index in [-0.39, 0.29) is 0 Å². The van der Waals surface area contributed by atoms with Gasteiger partial charge in [0.05, 0.1) is 6.54 Å². The van der Waals surface area contributed by atoms with Gasteiger partial charge in [-0.3, -0.25) is 4.99 Å². The minimum absolute atomic E-state index is 0.935. The van der Waals surface area contributed by atoms with E-state index in [2.05, 4.69) is 25.8 Å². The normalized spacial score (nSPS) is 23.1. The molecule has 0 spiro atoms. The van der Waals surface area contributed by atoms with Crippen LogP contribution in [0.25, 0.3) is 0 Å². The van der Waals surface area contributed by atoms with E-state index < -0.39 is 0 Å². The Morgan fingerprint density at radius 3 is 2.33 bits per heavy atom. The van der Waals surface area contributed by atoms with Gasteiger partial charge in [-0.2, -0.15) is 0 Å². The van der Waals surface area contributed by atoms with Crippen molar-refractivity contribution in [3.8, 4) is 0 Å². The van der Waals surface area contributed by atoms with Gasteiger partial charge in [0.1, 0.15) is 0 Å². The number of hydrogen-bond donors (Lipinski definition) is 0. The summed E-state index contributed by atoms with van der Waals surface area (Å²) in [6, 6.07) is 0. The molecule has 1 aliphatic carbocycles. The number of aliphatic imine (C=N–C) groups is 1. The molecule has 64 valence electrons. The van der Waals surface area contributed by atoms with Crippen LogP contribution in [0, 0.1) is 0 Å². The van der Waals surface area contributed by atoms with Crippen LogP contribution in [0.5, 0.6) is 0 Å². The first-order valence-corrected chi connectivity index (χ1v) is 4.56. The molecule has 1 heterocycles. The Morgan fingerprint density at radius 1 is 0.917 bits per heavy atom. The van der Waals surface area contributed by atoms with Crippen molar-refractivity contribution < 1.29 is 0 Å². The first kappa shape index (κ1) is 7.78. The minimum Gasteiger partial charge on any atom is -0.289 e. The Morgan fingerprint density at radius 2 is 1.58 bits per heavy atom. The molecule has 0 N–H and O–H groups in total. The zero-order valence-electron chi connectivity index (χ0n) is 8.07. The highest BCUT2D eigenvalue weighted by atomic mass is 14.8. The van der Waals surface area contributed by atoms with Crippen molar-refractivity contribution in [2.75, 3.05) is 6.54 Å². The summed E-state index contributed by atoms with van der Waals surface area (Å²) in [5.41, 5.74) is 7.51. The summed E-state index contributed by atoms with van der Waals surface area (Å²) in [6.45, 7) is 7.56. The van der Waals surface area contributed by atoms with Crippen LogP contribution in [0.3, 0.4) is 0 Å². The molecule has 0 aromatic carbocycles. The van der Waals surface area contributed by atoms with Gasteiger partial charge < -0.3 is 0 Å². The monoisotopic (exact) mass is 161 g/mol. The molecule has 0 saturated carbocycles. The molecule has 1 aliphatic heterocycles. The fraction of sp³-hybridized carbons (Fsp3) is 0.545. The summed E-state index contributed by atoms with van der Waals surface area (Å²) in [5.74, 6) is 0. The lowest BCUT2D eigenvalue weighted by atomic mass is 9.97. The maximum Gasteiger partial charge on any atom is 0.0641 e. The highest BCUT2D eigenvalue weighted by Crippen LogP contribution is 2.36. The summed E-state index contributed by atoms with van der Waals surface area (Å²) in [6.07, 6.45) is 2.28. The van der Waals surface area contributed by atoms with Crippen molar-refractivity contribution in [2.45, 2.75) is 33.6 Å². The predicted octanol–water partition coefficient (Wildman–Crippen LogP) is 2.89. The molecule has 0 atom stereocenters. The molecule has 0 aromatic rings. The second kappa shape index (κ2) is 2.58. The van der Waals surface area contributed by atoms with Crippen molar-refractivity contribution in [1.82, 2.24) is 0 Å². The molecule has 0 radical (unpaired) electrons. The van der Waals surface area contributed by atoms with Crippen LogP contribution < -0.4 is 0 Å². The summed E-state index contributed by atoms with van der Waals surface area (Å²) in [7, 11) is 0. The fourth-order valence-corrected chi connectivity index (χ4v) is 2.14. The number of fused-ring (bicyclic) bond motifs is 1. The molecule has 12 heavy (non-hydrogen) atoms. The Bertz CT molecular complexity index is 316. The minimum atomic E-state index is 0.935. The molecule has 0 unspecified atom stereocenters. The molecule has 0 amide bonds. The van der Waals surface area contributed by atoms with Gasteiger partial charge in [-0.05, 0) is 38.3 Å². The van der Waals surface area contributed by atoms with Gasteiger partial charge in [-0.1, -0.05) is 11.1 Å². The van der Waals surface area contributed by atoms with Crippen molar-refractivity contribution in [1.29, 1.82) is 0 Å². The van der Waals surface area contributed by atoms with Gasteiger partial charge in [-0.15, -0.1) is 0 Å². The topological polar surface area (TPSA) is 12.4 Å². The van der Waals surface area contributed by atoms with Crippen LogP contribution in [0.4, 0.5) is 0 Å². The van der Waals surface area contributed by atoms with Crippen LogP contribution in [0.1, 0.15) is 33.6 Å². The molecule has 0 aromatic heterocycles. The van der Waals surface area contributed by atoms with Crippen LogP contribution in [-0.4, -0.2) is 12.3 Å². The highest BCUT2D eigenvalue weighted by molar-refractivity contribution is 5.87. The first-order chi connectivity index (χ1) is 5.68. The average Bonchev–Trinajstić information content (AvgIpc) is 2.28. The second-order valence-corrected chi connectivity index (χ2v) is 3.92. The van der Waals surface area contributed by atoms with E-state index in [9.17, 15) is 0 Å². The van der Waals surface area contributed by atoms with Crippen LogP contribution in [0.15, 0.2) is 27.3 Å². The van der Waals surface area contributed by atoms with Gasteiger partial charge in [0, 0.05) is 12.1 Å². The zero-order chi connectivity index (χ0) is 8.72. The summed E-state index contributed by atoms with van der Waals surface area (Å²) in [5, 5.41) is 0. The summed E-state index contributed by atoms with van der Waals surface area (Å²) >= 11 is 0. The molecular weight excluding hydrogens is 146 g/mol. The van der Waals surface area contributed by atoms with Gasteiger partial charge in [0.25, 0.3) is 0 Å². The van der Waals surface area contributed by atoms with E-state index in [0.29, 0.717) is 0 Å². The molecule has 1 nitrogen and oxygen atoms in total. The maximum atomic E-state index is 4.48. The van der Waals surface area contributed by atoms with E-state index >= 15 is 0 Å². The Kier molecular flexibility index (Phi) is 1.67. The Hall–Kier alpha value is -0.850. The third-order valence-corrected chi connectivity index (χ3v) is 2.86. The largest absolute Gasteiger partial charge is 0.289 e. The molecule has 2 aliphatic rings. The molecule has 0 saturated heterocycles. The van der Waals surface area contributed by atoms with Crippen molar-refractivity contribution in [3.63, 3.8) is 0 Å². The van der Waals surface area contributed by atoms with E-state index in [4.69, 9.17) is 0 Å². The van der Waals surface area contributed by atoms with Crippen LogP contribution >= 0.6 is 0 Å². The SMILES string of the molecule is CC1=NCC2=C(C)CC(C)=C2C1. The molecular formula is C11H15N. The zero-order valence-corrected chi connectivity index (χ0v) is 8.07. The van der Waals surface area contributed by atoms with Crippen molar-refractivity contribution in [3.05, 3.63) is 22.3 Å². The number of hydrogen-bond acceptors (Lipinski definition) is 1. The van der Waals surface area contributed by atoms with Gasteiger partial charge in [0.15, 0.2) is 0 Å². The quantitative estimate of drug-likeness (QED) is 0.518. The van der Waals surface area contributed by atoms with Crippen LogP contribution in [0.2, 0.25) is 0 Å². The van der Waals surface area contributed by atoms with E-state index in [1.165, 1.54) is 17.7 Å². The molecule has 0 bridgehead atoms. The third kappa shape index (κ3) is 1.04. The van der Waals surface area contributed by atoms with E-state index in [1.54, 1.807) is 16.7 Å². The van der Waals surface area contributed by atoms with E-state index in [1.807, 2.05) is 0 Å². The molecule has 1 heteroatoms. The van der Waals surface area contributed by atoms with Crippen molar-refractivity contribution >= 4 is 5.71 Å². The number of rotatable bonds is 0. The third-order valence-electron chi connectivity index (χ3n) is 2.86. The lowest BCUT2D eigenvalue weighted by Gasteiger charge is -2.15. The van der Waals surface area contributed by atoms with Gasteiger partial charge >= 0.3 is 0 Å². The average molecular weight is 161 g/mol. The Labute approximate surface area is 73.9 Å². The van der Waals surface area contributed by atoms with Crippen LogP contribution in [-0.2, 0) is 0 Å². The lowest BCUT2D eigenvalue weighted by molar-refractivity contribution is 1.04. The van der Waals surface area contributed by atoms with Gasteiger partial charge in [0.2, 0.25) is 0 Å². The second-order valence-electron chi connectivity index (χ2n) is 3.92. The smallest absolute Gasteiger partial charge is 0.0641 e. The first-order valence-electron chi connectivity index (χ1n) is 4.56. The summed E-state index contributed by atoms with van der Waals surface area (Å²) in [4.78, 5) is 4.48. The fourth-order valence-electron chi connectivity index (χ4n) is 2.14.